The molecule has 2 rings (SSSR count). The number of amides is 2. The third kappa shape index (κ3) is 2.97. The number of nitrogens with one attached hydrogen (secondary N) is 2. The van der Waals surface area contributed by atoms with Crippen LogP contribution in [-0.4, -0.2) is 49.9 Å². The third-order valence-electron chi connectivity index (χ3n) is 5.09. The van der Waals surface area contributed by atoms with Crippen molar-refractivity contribution in [2.45, 2.75) is 39.0 Å². The molecule has 0 aromatic heterocycles. The van der Waals surface area contributed by atoms with E-state index in [1.54, 1.807) is 7.05 Å². The first kappa shape index (κ1) is 15.3. The minimum atomic E-state index is -0.162. The highest BCUT2D eigenvalue weighted by Crippen LogP contribution is 2.35. The van der Waals surface area contributed by atoms with Gasteiger partial charge < -0.3 is 15.5 Å². The molecular formula is C15H27N3O2. The van der Waals surface area contributed by atoms with Gasteiger partial charge in [0, 0.05) is 26.1 Å². The van der Waals surface area contributed by atoms with Gasteiger partial charge >= 0.3 is 0 Å². The predicted molar refractivity (Wildman–Crippen MR) is 78.2 cm³/mol. The molecule has 2 aliphatic rings. The Bertz CT molecular complexity index is 356. The number of hydrogen-bond donors (Lipinski definition) is 2. The van der Waals surface area contributed by atoms with Crippen LogP contribution < -0.4 is 10.6 Å². The van der Waals surface area contributed by atoms with E-state index in [0.29, 0.717) is 5.91 Å². The highest BCUT2D eigenvalue weighted by Gasteiger charge is 2.41. The Morgan fingerprint density at radius 1 is 1.25 bits per heavy atom. The molecule has 0 spiro atoms. The Labute approximate surface area is 121 Å². The Morgan fingerprint density at radius 2 is 1.85 bits per heavy atom. The van der Waals surface area contributed by atoms with Crippen molar-refractivity contribution in [1.29, 1.82) is 0 Å². The molecule has 0 saturated carbocycles. The van der Waals surface area contributed by atoms with Crippen LogP contribution in [-0.2, 0) is 9.59 Å². The monoisotopic (exact) mass is 281 g/mol. The number of hydrogen-bond acceptors (Lipinski definition) is 3. The number of carbonyl (C=O) groups excluding carboxylic acids is 2. The number of piperidine rings is 2. The summed E-state index contributed by atoms with van der Waals surface area (Å²) >= 11 is 0. The van der Waals surface area contributed by atoms with Gasteiger partial charge in [0.05, 0.1) is 5.41 Å². The molecule has 0 aromatic carbocycles. The van der Waals surface area contributed by atoms with Crippen molar-refractivity contribution in [3.05, 3.63) is 0 Å². The van der Waals surface area contributed by atoms with Crippen LogP contribution in [0.2, 0.25) is 0 Å². The highest BCUT2D eigenvalue weighted by molar-refractivity contribution is 5.83. The first-order valence-electron chi connectivity index (χ1n) is 7.84. The average molecular weight is 281 g/mol. The van der Waals surface area contributed by atoms with Crippen LogP contribution in [0.5, 0.6) is 0 Å². The van der Waals surface area contributed by atoms with Crippen LogP contribution in [0, 0.1) is 11.3 Å². The molecule has 2 aliphatic heterocycles. The quantitative estimate of drug-likeness (QED) is 0.802. The lowest BCUT2D eigenvalue weighted by atomic mass is 9.75. The Hall–Kier alpha value is -1.10. The minimum absolute atomic E-state index is 0.0784. The van der Waals surface area contributed by atoms with E-state index in [1.807, 2.05) is 4.90 Å². The zero-order valence-electron chi connectivity index (χ0n) is 12.7. The van der Waals surface area contributed by atoms with Crippen molar-refractivity contribution < 1.29 is 9.59 Å². The first-order chi connectivity index (χ1) is 9.63. The van der Waals surface area contributed by atoms with Crippen molar-refractivity contribution in [2.75, 3.05) is 33.2 Å². The maximum atomic E-state index is 12.8. The van der Waals surface area contributed by atoms with E-state index < -0.39 is 0 Å². The van der Waals surface area contributed by atoms with Crippen LogP contribution in [0.15, 0.2) is 0 Å². The molecule has 0 radical (unpaired) electrons. The molecule has 5 heteroatoms. The maximum Gasteiger partial charge on any atom is 0.228 e. The molecule has 20 heavy (non-hydrogen) atoms. The molecule has 2 N–H and O–H groups in total. The molecule has 2 amide bonds. The number of carbonyl (C=O) groups is 2. The van der Waals surface area contributed by atoms with E-state index in [0.717, 1.165) is 58.3 Å². The highest BCUT2D eigenvalue weighted by atomic mass is 16.2. The average Bonchev–Trinajstić information content (AvgIpc) is 2.54. The second kappa shape index (κ2) is 6.57. The summed E-state index contributed by atoms with van der Waals surface area (Å²) in [5, 5.41) is 6.05. The van der Waals surface area contributed by atoms with Crippen LogP contribution in [0.25, 0.3) is 0 Å². The summed E-state index contributed by atoms with van der Waals surface area (Å²) in [6.45, 7) is 5.46. The second-order valence-electron chi connectivity index (χ2n) is 6.06. The first-order valence-corrected chi connectivity index (χ1v) is 7.84. The van der Waals surface area contributed by atoms with E-state index in [-0.39, 0.29) is 17.2 Å². The van der Waals surface area contributed by atoms with E-state index in [1.165, 1.54) is 0 Å². The lowest BCUT2D eigenvalue weighted by Crippen LogP contribution is -2.51. The lowest BCUT2D eigenvalue weighted by molar-refractivity contribution is -0.146. The fraction of sp³-hybridized carbons (Fsp3) is 0.867. The number of nitrogens with zero attached hydrogens (tertiary/aromatic N) is 1. The van der Waals surface area contributed by atoms with Crippen molar-refractivity contribution in [3.8, 4) is 0 Å². The van der Waals surface area contributed by atoms with Crippen molar-refractivity contribution in [3.63, 3.8) is 0 Å². The topological polar surface area (TPSA) is 61.4 Å². The molecule has 114 valence electrons. The molecular weight excluding hydrogens is 254 g/mol. The Morgan fingerprint density at radius 3 is 2.35 bits per heavy atom. The zero-order chi connectivity index (χ0) is 14.6. The van der Waals surface area contributed by atoms with Crippen LogP contribution in [0.4, 0.5) is 0 Å². The van der Waals surface area contributed by atoms with Gasteiger partial charge in [-0.1, -0.05) is 6.92 Å². The molecule has 0 unspecified atom stereocenters. The Kier molecular flexibility index (Phi) is 5.02. The van der Waals surface area contributed by atoms with Gasteiger partial charge in [-0.2, -0.15) is 0 Å². The molecule has 2 heterocycles. The molecule has 0 aromatic rings. The summed E-state index contributed by atoms with van der Waals surface area (Å²) in [6, 6.07) is 0. The van der Waals surface area contributed by atoms with Crippen molar-refractivity contribution in [1.82, 2.24) is 15.5 Å². The van der Waals surface area contributed by atoms with Crippen LogP contribution in [0.3, 0.4) is 0 Å². The second-order valence-corrected chi connectivity index (χ2v) is 6.06. The predicted octanol–water partition coefficient (Wildman–Crippen LogP) is 0.751. The Balaban J connectivity index is 1.95. The lowest BCUT2D eigenvalue weighted by Gasteiger charge is -2.41. The zero-order valence-corrected chi connectivity index (χ0v) is 12.7. The third-order valence-corrected chi connectivity index (χ3v) is 5.09. The van der Waals surface area contributed by atoms with Gasteiger partial charge in [-0.15, -0.1) is 0 Å². The summed E-state index contributed by atoms with van der Waals surface area (Å²) in [7, 11) is 1.68. The molecule has 2 saturated heterocycles. The summed E-state index contributed by atoms with van der Waals surface area (Å²) in [5.41, 5.74) is -0.162. The minimum Gasteiger partial charge on any atom is -0.359 e. The molecule has 2 fully saturated rings. The summed E-state index contributed by atoms with van der Waals surface area (Å²) in [5.74, 6) is 0.510. The van der Waals surface area contributed by atoms with E-state index in [4.69, 9.17) is 0 Å². The SMILES string of the molecule is CCC1(C(=O)N2CCC(C(=O)NC)CC2)CCNCC1. The van der Waals surface area contributed by atoms with Gasteiger partial charge in [0.15, 0.2) is 0 Å². The van der Waals surface area contributed by atoms with E-state index in [2.05, 4.69) is 17.6 Å². The van der Waals surface area contributed by atoms with Gasteiger partial charge in [0.25, 0.3) is 0 Å². The normalized spacial score (nSPS) is 23.4. The van der Waals surface area contributed by atoms with Crippen molar-refractivity contribution in [2.24, 2.45) is 11.3 Å². The summed E-state index contributed by atoms with van der Waals surface area (Å²) in [6.07, 6.45) is 4.39. The summed E-state index contributed by atoms with van der Waals surface area (Å²) < 4.78 is 0. The van der Waals surface area contributed by atoms with Gasteiger partial charge in [-0.3, -0.25) is 9.59 Å². The van der Waals surface area contributed by atoms with Gasteiger partial charge in [-0.05, 0) is 45.2 Å². The van der Waals surface area contributed by atoms with Gasteiger partial charge in [0.2, 0.25) is 11.8 Å². The molecule has 5 nitrogen and oxygen atoms in total. The molecule has 0 aliphatic carbocycles. The number of likely N-dealkylation sites (tertiary alicyclic amines) is 1. The van der Waals surface area contributed by atoms with Gasteiger partial charge in [-0.25, -0.2) is 0 Å². The number of rotatable bonds is 3. The fourth-order valence-corrected chi connectivity index (χ4v) is 3.51. The smallest absolute Gasteiger partial charge is 0.228 e. The molecule has 0 atom stereocenters. The summed E-state index contributed by atoms with van der Waals surface area (Å²) in [4.78, 5) is 26.5. The van der Waals surface area contributed by atoms with Gasteiger partial charge in [0.1, 0.15) is 0 Å². The van der Waals surface area contributed by atoms with Crippen LogP contribution >= 0.6 is 0 Å². The van der Waals surface area contributed by atoms with E-state index in [9.17, 15) is 9.59 Å². The van der Waals surface area contributed by atoms with Crippen LogP contribution in [0.1, 0.15) is 39.0 Å². The standard InChI is InChI=1S/C15H27N3O2/c1-3-15(6-8-17-9-7-15)14(20)18-10-4-12(5-11-18)13(19)16-2/h12,17H,3-11H2,1-2H3,(H,16,19). The van der Waals surface area contributed by atoms with E-state index >= 15 is 0 Å². The van der Waals surface area contributed by atoms with Crippen molar-refractivity contribution >= 4 is 11.8 Å². The molecule has 0 bridgehead atoms. The maximum absolute atomic E-state index is 12.8. The fourth-order valence-electron chi connectivity index (χ4n) is 3.51. The largest absolute Gasteiger partial charge is 0.359 e.